The van der Waals surface area contributed by atoms with Crippen LogP contribution in [0, 0.1) is 20.2 Å². The Balaban J connectivity index is 0.000000804. The smallest absolute Gasteiger partial charge is 0.871 e. The van der Waals surface area contributed by atoms with Gasteiger partial charge in [-0.15, -0.1) is 10.2 Å². The first kappa shape index (κ1) is 80.0. The van der Waals surface area contributed by atoms with Gasteiger partial charge in [0, 0.05) is 35.6 Å². The summed E-state index contributed by atoms with van der Waals surface area (Å²) in [6, 6.07) is 8.38. The van der Waals surface area contributed by atoms with E-state index in [-0.39, 0.29) is 165 Å². The van der Waals surface area contributed by atoms with Crippen LogP contribution >= 0.6 is 23.2 Å². The zero-order valence-electron chi connectivity index (χ0n) is 43.3. The molecule has 6 aromatic carbocycles. The van der Waals surface area contributed by atoms with Crippen LogP contribution in [0.1, 0.15) is 0 Å². The van der Waals surface area contributed by atoms with Crippen LogP contribution in [0.25, 0.3) is 21.5 Å². The summed E-state index contributed by atoms with van der Waals surface area (Å²) in [5.41, 5.74) is 5.20. The second-order valence-electron chi connectivity index (χ2n) is 15.1. The minimum absolute atomic E-state index is 0. The van der Waals surface area contributed by atoms with Gasteiger partial charge >= 0.3 is 165 Å². The van der Waals surface area contributed by atoms with Crippen LogP contribution in [0.5, 0.6) is 23.0 Å². The van der Waals surface area contributed by atoms with Crippen molar-refractivity contribution in [3.05, 3.63) is 104 Å². The number of nitrogens with one attached hydrogen (secondary N) is 2. The molecule has 0 aliphatic rings. The number of nitrogens with zero attached hydrogens (tertiary/aromatic N) is 12. The Morgan fingerprint density at radius 3 is 1.07 bits per heavy atom. The fraction of sp³-hybridized carbons (Fsp3) is 0. The first-order chi connectivity index (χ1) is 37.1. The number of hydrogen-bond acceptors (Lipinski definition) is 34. The number of hydrogen-bond donors (Lipinski definition) is 4. The quantitative estimate of drug-likeness (QED) is 0.0258. The maximum atomic E-state index is 13.5. The number of nitrogen functional groups attached to an aromatic ring is 2. The van der Waals surface area contributed by atoms with Gasteiger partial charge in [0.2, 0.25) is 34.4 Å². The average molecular weight is 1390 g/mol. The Labute approximate surface area is 611 Å². The second kappa shape index (κ2) is 31.6. The fourth-order valence-electron chi connectivity index (χ4n) is 6.63. The predicted octanol–water partition coefficient (Wildman–Crippen LogP) is -12.4. The van der Waals surface area contributed by atoms with Gasteiger partial charge in [-0.3, -0.25) is 20.2 Å². The van der Waals surface area contributed by atoms with Gasteiger partial charge < -0.3 is 60.7 Å². The molecule has 6 N–H and O–H groups in total. The van der Waals surface area contributed by atoms with Crippen LogP contribution in [0.4, 0.5) is 69.3 Å². The van der Waals surface area contributed by atoms with Gasteiger partial charge in [0.1, 0.15) is 40.5 Å². The normalized spacial score (nSPS) is 11.3. The van der Waals surface area contributed by atoms with Crippen molar-refractivity contribution >= 4 is 155 Å². The van der Waals surface area contributed by atoms with Crippen LogP contribution in [0.2, 0.25) is 10.6 Å². The summed E-state index contributed by atoms with van der Waals surface area (Å²) in [6.07, 6.45) is 0. The number of aromatic nitrogens is 6. The molecule has 0 saturated heterocycles. The van der Waals surface area contributed by atoms with E-state index in [1.807, 2.05) is 0 Å². The van der Waals surface area contributed by atoms with Gasteiger partial charge in [-0.05, 0) is 81.1 Å². The fourth-order valence-corrected chi connectivity index (χ4v) is 9.31. The van der Waals surface area contributed by atoms with E-state index < -0.39 is 194 Å². The van der Waals surface area contributed by atoms with Gasteiger partial charge in [0.25, 0.3) is 11.4 Å². The van der Waals surface area contributed by atoms with Crippen molar-refractivity contribution in [2.75, 3.05) is 22.1 Å². The summed E-state index contributed by atoms with van der Waals surface area (Å²) in [7, 11) is -21.5. The first-order valence-corrected chi connectivity index (χ1v) is 26.6. The third-order valence-corrected chi connectivity index (χ3v) is 13.6. The summed E-state index contributed by atoms with van der Waals surface area (Å²) in [6.45, 7) is 0. The number of nitro groups is 2. The summed E-state index contributed by atoms with van der Waals surface area (Å²) in [5.74, 6) is -6.16. The van der Waals surface area contributed by atoms with E-state index in [1.165, 1.54) is 0 Å². The molecule has 36 nitrogen and oxygen atoms in total. The molecular formula is C38H18Cl2CoN16Na5O20S4. The zero-order chi connectivity index (χ0) is 59.1. The minimum atomic E-state index is -5.52. The molecule has 0 fully saturated rings. The van der Waals surface area contributed by atoms with Crippen molar-refractivity contribution < 1.29 is 247 Å². The second-order valence-corrected chi connectivity index (χ2v) is 21.2. The van der Waals surface area contributed by atoms with E-state index in [1.54, 1.807) is 0 Å². The number of nitro benzene ring substituents is 2. The third-order valence-electron chi connectivity index (χ3n) is 9.89. The SMILES string of the molecule is Nc1nc(Cl)nc(Nc2cc(S(=O)(=O)[O-])cc3cc(S(=O)(=O)[O-])c(N=Nc4cc([N+](=O)[O-])ccc4[O-])c([O-])c23)n1.Nc1nc(Cl)nc(Nc2cc(S(=O)(=O)[O-])cc3cc(S(=O)(=O)[O-])c(N=Nc4cc([N+](=O)[O-])ccc4[O-])c([O-])c23)n1.[Co+3].[Na+].[Na+].[Na+].[Na+].[Na+]. The van der Waals surface area contributed by atoms with Crippen LogP contribution in [-0.2, 0) is 57.3 Å². The molecule has 0 radical (unpaired) electrons. The Morgan fingerprint density at radius 1 is 0.465 bits per heavy atom. The summed E-state index contributed by atoms with van der Waals surface area (Å²) in [4.78, 5) is 37.6. The molecule has 422 valence electrons. The Morgan fingerprint density at radius 2 is 0.791 bits per heavy atom. The van der Waals surface area contributed by atoms with E-state index >= 15 is 0 Å². The molecule has 0 spiro atoms. The maximum Gasteiger partial charge on any atom is 3.00 e. The molecule has 2 aromatic heterocycles. The number of rotatable bonds is 14. The van der Waals surface area contributed by atoms with Crippen LogP contribution in [0.15, 0.2) is 113 Å². The third kappa shape index (κ3) is 19.5. The maximum absolute atomic E-state index is 13.5. The Kier molecular flexibility index (Phi) is 29.4. The predicted molar refractivity (Wildman–Crippen MR) is 257 cm³/mol. The summed E-state index contributed by atoms with van der Waals surface area (Å²) in [5, 5.41) is 88.7. The van der Waals surface area contributed by atoms with E-state index in [9.17, 15) is 92.5 Å². The first-order valence-electron chi connectivity index (χ1n) is 20.2. The number of nitrogens with two attached hydrogens (primary N) is 2. The summed E-state index contributed by atoms with van der Waals surface area (Å²) < 4.78 is 143. The van der Waals surface area contributed by atoms with Crippen LogP contribution < -0.4 is 190 Å². The van der Waals surface area contributed by atoms with Crippen molar-refractivity contribution in [1.82, 2.24) is 29.9 Å². The Hall–Kier alpha value is -4.01. The largest absolute Gasteiger partial charge is 3.00 e. The van der Waals surface area contributed by atoms with Gasteiger partial charge in [-0.25, -0.2) is 33.7 Å². The molecule has 48 heteroatoms. The molecule has 0 aliphatic heterocycles. The molecule has 0 aliphatic carbocycles. The van der Waals surface area contributed by atoms with Gasteiger partial charge in [-0.2, -0.15) is 40.1 Å². The standard InChI is InChI=1S/2C19H13ClN8O10S2.Co.5Na/c2*20-17-23-18(21)25-19(24-17)22-11-6-9(39(33,34)35)3-7-4-13(40(36,37)38)15(16(30)14(7)11)27-26-10-5-8(28(31)32)1-2-12(10)29;;;;;;/h2*1-6,29-30H,(H,33,34,35)(H,36,37,38)(H3,21,22,23,24,25);;;;;;/q;;+3;5*+1/p-8. The number of non-ortho nitro benzene ring substituents is 2. The average Bonchev–Trinajstić information content (AvgIpc) is 1.25. The molecule has 2 heterocycles. The number of halogens is 2. The van der Waals surface area contributed by atoms with Crippen molar-refractivity contribution in [3.63, 3.8) is 0 Å². The van der Waals surface area contributed by atoms with E-state index in [2.05, 4.69) is 61.0 Å². The minimum Gasteiger partial charge on any atom is -0.871 e. The van der Waals surface area contributed by atoms with Crippen molar-refractivity contribution in [2.24, 2.45) is 20.5 Å². The number of benzene rings is 6. The molecule has 86 heavy (non-hydrogen) atoms. The van der Waals surface area contributed by atoms with Crippen molar-refractivity contribution in [1.29, 1.82) is 0 Å². The molecule has 0 unspecified atom stereocenters. The number of fused-ring (bicyclic) bond motifs is 2. The summed E-state index contributed by atoms with van der Waals surface area (Å²) >= 11 is 11.4. The van der Waals surface area contributed by atoms with Crippen molar-refractivity contribution in [2.45, 2.75) is 19.6 Å². The molecule has 0 saturated carbocycles. The van der Waals surface area contributed by atoms with Crippen molar-refractivity contribution in [3.8, 4) is 23.0 Å². The van der Waals surface area contributed by atoms with Crippen LogP contribution in [0.3, 0.4) is 0 Å². The van der Waals surface area contributed by atoms with E-state index in [0.717, 1.165) is 24.3 Å². The van der Waals surface area contributed by atoms with Crippen LogP contribution in [-0.4, -0.2) is 91.6 Å². The van der Waals surface area contributed by atoms with Gasteiger partial charge in [0.15, 0.2) is 0 Å². The number of anilines is 6. The molecule has 8 rings (SSSR count). The molecule has 8 aromatic rings. The van der Waals surface area contributed by atoms with Gasteiger partial charge in [0.05, 0.1) is 52.2 Å². The molecule has 0 amide bonds. The van der Waals surface area contributed by atoms with E-state index in [0.29, 0.717) is 48.5 Å². The monoisotopic (exact) mass is 1390 g/mol. The zero-order valence-corrected chi connectivity index (χ0v) is 59.2. The molecular weight excluding hydrogens is 1370 g/mol. The Bertz CT molecular complexity index is 4220. The van der Waals surface area contributed by atoms with Gasteiger partial charge in [-0.1, -0.05) is 35.1 Å². The van der Waals surface area contributed by atoms with E-state index in [4.69, 9.17) is 34.7 Å². The molecule has 0 atom stereocenters. The topological polar surface area (TPSA) is 610 Å². The molecule has 0 bridgehead atoms. The number of azo groups is 2.